The van der Waals surface area contributed by atoms with Crippen LogP contribution in [0.1, 0.15) is 34.0 Å². The maximum absolute atomic E-state index is 12.9. The first-order chi connectivity index (χ1) is 11.7. The summed E-state index contributed by atoms with van der Waals surface area (Å²) in [4.78, 5) is 21.5. The van der Waals surface area contributed by atoms with E-state index in [4.69, 9.17) is 0 Å². The summed E-state index contributed by atoms with van der Waals surface area (Å²) in [6.07, 6.45) is 1.83. The molecule has 0 aromatic carbocycles. The standard InChI is InChI=1S/C15H21N7OS/c1-10-17-15(24-20-10)22-6-2-5-21(7-8-22)14(23)13-11-9-16-4-3-12(11)18-19-13/h16H,2-9H2,1H3,(H,18,19). The first-order valence-corrected chi connectivity index (χ1v) is 9.11. The molecule has 0 saturated carbocycles. The number of nitrogens with one attached hydrogen (secondary N) is 2. The summed E-state index contributed by atoms with van der Waals surface area (Å²) in [6, 6.07) is 0. The molecule has 128 valence electrons. The molecule has 1 fully saturated rings. The third-order valence-electron chi connectivity index (χ3n) is 4.58. The third-order valence-corrected chi connectivity index (χ3v) is 5.45. The maximum Gasteiger partial charge on any atom is 0.274 e. The number of anilines is 1. The number of hydrogen-bond acceptors (Lipinski definition) is 7. The molecule has 0 bridgehead atoms. The molecule has 2 aliphatic rings. The van der Waals surface area contributed by atoms with Crippen LogP contribution in [-0.2, 0) is 13.0 Å². The maximum atomic E-state index is 12.9. The van der Waals surface area contributed by atoms with E-state index in [1.165, 1.54) is 11.5 Å². The zero-order valence-electron chi connectivity index (χ0n) is 13.7. The molecule has 24 heavy (non-hydrogen) atoms. The van der Waals surface area contributed by atoms with E-state index in [0.717, 1.165) is 67.8 Å². The highest BCUT2D eigenvalue weighted by Crippen LogP contribution is 2.21. The summed E-state index contributed by atoms with van der Waals surface area (Å²) in [5.74, 6) is 0.842. The van der Waals surface area contributed by atoms with Crippen LogP contribution >= 0.6 is 11.5 Å². The minimum absolute atomic E-state index is 0.0338. The summed E-state index contributed by atoms with van der Waals surface area (Å²) in [5, 5.41) is 11.6. The number of aryl methyl sites for hydroxylation is 1. The lowest BCUT2D eigenvalue weighted by atomic mass is 10.1. The molecule has 2 aliphatic heterocycles. The fraction of sp³-hybridized carbons (Fsp3) is 0.600. The molecular weight excluding hydrogens is 326 g/mol. The Morgan fingerprint density at radius 2 is 2.17 bits per heavy atom. The van der Waals surface area contributed by atoms with Crippen molar-refractivity contribution >= 4 is 22.6 Å². The molecule has 8 nitrogen and oxygen atoms in total. The van der Waals surface area contributed by atoms with Crippen LogP contribution in [0.25, 0.3) is 0 Å². The fourth-order valence-corrected chi connectivity index (χ4v) is 4.00. The van der Waals surface area contributed by atoms with E-state index in [9.17, 15) is 4.79 Å². The number of nitrogens with zero attached hydrogens (tertiary/aromatic N) is 5. The number of aromatic nitrogens is 4. The van der Waals surface area contributed by atoms with E-state index >= 15 is 0 Å². The van der Waals surface area contributed by atoms with Gasteiger partial charge in [0.1, 0.15) is 5.82 Å². The van der Waals surface area contributed by atoms with E-state index in [1.54, 1.807) is 0 Å². The number of fused-ring (bicyclic) bond motifs is 1. The second-order valence-corrected chi connectivity index (χ2v) is 6.94. The Hall–Kier alpha value is -2.00. The van der Waals surface area contributed by atoms with Gasteiger partial charge in [-0.2, -0.15) is 9.47 Å². The van der Waals surface area contributed by atoms with Crippen LogP contribution in [0.15, 0.2) is 0 Å². The van der Waals surface area contributed by atoms with Gasteiger partial charge in [-0.3, -0.25) is 9.89 Å². The van der Waals surface area contributed by atoms with E-state index in [-0.39, 0.29) is 5.91 Å². The third kappa shape index (κ3) is 2.89. The van der Waals surface area contributed by atoms with Crippen molar-refractivity contribution < 1.29 is 4.79 Å². The minimum atomic E-state index is 0.0338. The average molecular weight is 347 g/mol. The first-order valence-electron chi connectivity index (χ1n) is 8.34. The lowest BCUT2D eigenvalue weighted by Gasteiger charge is -2.21. The van der Waals surface area contributed by atoms with Crippen LogP contribution < -0.4 is 10.2 Å². The molecule has 0 atom stereocenters. The predicted molar refractivity (Wildman–Crippen MR) is 91.4 cm³/mol. The number of aromatic amines is 1. The molecule has 2 N–H and O–H groups in total. The molecule has 0 aliphatic carbocycles. The van der Waals surface area contributed by atoms with Crippen molar-refractivity contribution in [3.8, 4) is 0 Å². The summed E-state index contributed by atoms with van der Waals surface area (Å²) in [7, 11) is 0. The SMILES string of the molecule is Cc1nsc(N2CCCN(C(=O)c3n[nH]c4c3CNCC4)CC2)n1. The van der Waals surface area contributed by atoms with Gasteiger partial charge in [-0.05, 0) is 13.3 Å². The molecule has 0 radical (unpaired) electrons. The van der Waals surface area contributed by atoms with E-state index in [1.807, 2.05) is 11.8 Å². The number of amides is 1. The van der Waals surface area contributed by atoms with Gasteiger partial charge in [0.15, 0.2) is 5.69 Å². The van der Waals surface area contributed by atoms with Gasteiger partial charge in [-0.25, -0.2) is 4.98 Å². The second kappa shape index (κ2) is 6.48. The van der Waals surface area contributed by atoms with Crippen molar-refractivity contribution in [2.75, 3.05) is 37.6 Å². The van der Waals surface area contributed by atoms with Crippen LogP contribution in [0.5, 0.6) is 0 Å². The molecule has 0 unspecified atom stereocenters. The quantitative estimate of drug-likeness (QED) is 0.825. The smallest absolute Gasteiger partial charge is 0.274 e. The molecule has 1 amide bonds. The van der Waals surface area contributed by atoms with Crippen LogP contribution in [0, 0.1) is 6.92 Å². The summed E-state index contributed by atoms with van der Waals surface area (Å²) in [5.41, 5.74) is 2.71. The van der Waals surface area contributed by atoms with Gasteiger partial charge in [-0.1, -0.05) is 0 Å². The van der Waals surface area contributed by atoms with E-state index in [0.29, 0.717) is 12.2 Å². The normalized spacial score (nSPS) is 18.4. The Balaban J connectivity index is 1.47. The van der Waals surface area contributed by atoms with Crippen molar-refractivity contribution in [3.05, 3.63) is 22.8 Å². The molecular formula is C15H21N7OS. The first kappa shape index (κ1) is 15.5. The average Bonchev–Trinajstić information content (AvgIpc) is 3.13. The molecule has 2 aromatic rings. The monoisotopic (exact) mass is 347 g/mol. The van der Waals surface area contributed by atoms with Crippen molar-refractivity contribution in [3.63, 3.8) is 0 Å². The summed E-state index contributed by atoms with van der Waals surface area (Å²) < 4.78 is 4.25. The lowest BCUT2D eigenvalue weighted by molar-refractivity contribution is 0.0759. The van der Waals surface area contributed by atoms with Gasteiger partial charge in [0.2, 0.25) is 5.13 Å². The van der Waals surface area contributed by atoms with Crippen molar-refractivity contribution in [1.29, 1.82) is 0 Å². The Labute approximate surface area is 144 Å². The highest BCUT2D eigenvalue weighted by Gasteiger charge is 2.27. The van der Waals surface area contributed by atoms with Gasteiger partial charge < -0.3 is 15.1 Å². The molecule has 4 rings (SSSR count). The van der Waals surface area contributed by atoms with Crippen LogP contribution in [0.3, 0.4) is 0 Å². The molecule has 2 aromatic heterocycles. The number of hydrogen-bond donors (Lipinski definition) is 2. The van der Waals surface area contributed by atoms with Crippen molar-refractivity contribution in [1.82, 2.24) is 29.8 Å². The summed E-state index contributed by atoms with van der Waals surface area (Å²) in [6.45, 7) is 6.68. The van der Waals surface area contributed by atoms with Crippen molar-refractivity contribution in [2.24, 2.45) is 0 Å². The molecule has 9 heteroatoms. The van der Waals surface area contributed by atoms with Crippen LogP contribution in [-0.4, -0.2) is 63.1 Å². The van der Waals surface area contributed by atoms with Crippen LogP contribution in [0.2, 0.25) is 0 Å². The number of H-pyrrole nitrogens is 1. The summed E-state index contributed by atoms with van der Waals surface area (Å²) >= 11 is 1.43. The van der Waals surface area contributed by atoms with Gasteiger partial charge >= 0.3 is 0 Å². The number of carbonyl (C=O) groups is 1. The Morgan fingerprint density at radius 1 is 1.25 bits per heavy atom. The van der Waals surface area contributed by atoms with Gasteiger partial charge in [0.05, 0.1) is 0 Å². The highest BCUT2D eigenvalue weighted by molar-refractivity contribution is 7.09. The topological polar surface area (TPSA) is 90.0 Å². The number of rotatable bonds is 2. The van der Waals surface area contributed by atoms with E-state index < -0.39 is 0 Å². The molecule has 4 heterocycles. The fourth-order valence-electron chi connectivity index (χ4n) is 3.28. The van der Waals surface area contributed by atoms with Gasteiger partial charge in [-0.15, -0.1) is 0 Å². The highest BCUT2D eigenvalue weighted by atomic mass is 32.1. The minimum Gasteiger partial charge on any atom is -0.345 e. The Bertz CT molecular complexity index is 740. The number of carbonyl (C=O) groups excluding carboxylic acids is 1. The zero-order chi connectivity index (χ0) is 16.5. The van der Waals surface area contributed by atoms with E-state index in [2.05, 4.69) is 29.8 Å². The molecule has 0 spiro atoms. The second-order valence-electron chi connectivity index (χ2n) is 6.21. The Kier molecular flexibility index (Phi) is 4.19. The predicted octanol–water partition coefficient (Wildman–Crippen LogP) is 0.568. The molecule has 1 saturated heterocycles. The van der Waals surface area contributed by atoms with Crippen LogP contribution in [0.4, 0.5) is 5.13 Å². The lowest BCUT2D eigenvalue weighted by Crippen LogP contribution is -2.36. The van der Waals surface area contributed by atoms with Crippen molar-refractivity contribution in [2.45, 2.75) is 26.3 Å². The van der Waals surface area contributed by atoms with Gasteiger partial charge in [0, 0.05) is 68.5 Å². The largest absolute Gasteiger partial charge is 0.345 e. The van der Waals surface area contributed by atoms with Gasteiger partial charge in [0.25, 0.3) is 5.91 Å². The zero-order valence-corrected chi connectivity index (χ0v) is 14.5. The Morgan fingerprint density at radius 3 is 3.00 bits per heavy atom.